The molecule has 0 unspecified atom stereocenters. The second-order valence-corrected chi connectivity index (χ2v) is 8.59. The zero-order chi connectivity index (χ0) is 19.0. The van der Waals surface area contributed by atoms with Gasteiger partial charge >= 0.3 is 0 Å². The lowest BCUT2D eigenvalue weighted by Crippen LogP contribution is -2.23. The van der Waals surface area contributed by atoms with Crippen molar-refractivity contribution in [3.8, 4) is 5.75 Å². The lowest BCUT2D eigenvalue weighted by Gasteiger charge is -2.21. The third kappa shape index (κ3) is 3.15. The van der Waals surface area contributed by atoms with Crippen LogP contribution < -0.4 is 4.74 Å². The summed E-state index contributed by atoms with van der Waals surface area (Å²) < 4.78 is 33.1. The summed E-state index contributed by atoms with van der Waals surface area (Å²) in [6.07, 6.45) is 4.87. The number of hydrogen-bond donors (Lipinski definition) is 0. The van der Waals surface area contributed by atoms with E-state index >= 15 is 0 Å². The van der Waals surface area contributed by atoms with Crippen molar-refractivity contribution in [1.82, 2.24) is 8.87 Å². The van der Waals surface area contributed by atoms with Crippen LogP contribution in [0.2, 0.25) is 0 Å². The maximum atomic E-state index is 13.3. The van der Waals surface area contributed by atoms with Crippen LogP contribution in [-0.4, -0.2) is 44.5 Å². The molecule has 0 saturated carbocycles. The molecular formula is C21H22N2O3S. The Morgan fingerprint density at radius 3 is 2.44 bits per heavy atom. The van der Waals surface area contributed by atoms with Crippen molar-refractivity contribution in [3.63, 3.8) is 0 Å². The molecule has 5 nitrogen and oxygen atoms in total. The van der Waals surface area contributed by atoms with Gasteiger partial charge in [0.05, 0.1) is 17.5 Å². The van der Waals surface area contributed by atoms with Crippen LogP contribution in [0, 0.1) is 0 Å². The zero-order valence-corrected chi connectivity index (χ0v) is 16.2. The van der Waals surface area contributed by atoms with Gasteiger partial charge in [-0.1, -0.05) is 24.3 Å². The molecule has 0 saturated heterocycles. The first-order valence-electron chi connectivity index (χ1n) is 8.88. The summed E-state index contributed by atoms with van der Waals surface area (Å²) in [7, 11) is -0.0476. The summed E-state index contributed by atoms with van der Waals surface area (Å²) in [5, 5.41) is 0.963. The lowest BCUT2D eigenvalue weighted by atomic mass is 9.99. The van der Waals surface area contributed by atoms with Crippen LogP contribution in [-0.2, 0) is 10.0 Å². The van der Waals surface area contributed by atoms with E-state index in [1.807, 2.05) is 24.3 Å². The van der Waals surface area contributed by atoms with Gasteiger partial charge in [-0.05, 0) is 49.4 Å². The number of hydrogen-bond acceptors (Lipinski definition) is 4. The van der Waals surface area contributed by atoms with Crippen molar-refractivity contribution < 1.29 is 13.2 Å². The standard InChI is InChI=1S/C21H22N2O3S/c1-22-13-11-16(12-14-22)20-15-23(21-6-4-3-5-19(20)21)27(24,25)18-9-7-17(26-2)8-10-18/h3-11,15H,12-14H2,1-2H3. The number of methoxy groups -OCH3 is 1. The number of likely N-dealkylation sites (N-methyl/N-ethyl adjacent to an activating group) is 1. The average molecular weight is 382 g/mol. The predicted molar refractivity (Wildman–Crippen MR) is 108 cm³/mol. The van der Waals surface area contributed by atoms with E-state index in [1.165, 1.54) is 9.55 Å². The van der Waals surface area contributed by atoms with Gasteiger partial charge in [-0.2, -0.15) is 0 Å². The smallest absolute Gasteiger partial charge is 0.268 e. The highest BCUT2D eigenvalue weighted by Gasteiger charge is 2.23. The second-order valence-electron chi connectivity index (χ2n) is 6.78. The summed E-state index contributed by atoms with van der Waals surface area (Å²) in [6.45, 7) is 1.84. The number of nitrogens with zero attached hydrogens (tertiary/aromatic N) is 2. The number of ether oxygens (including phenoxy) is 1. The minimum Gasteiger partial charge on any atom is -0.497 e. The third-order valence-corrected chi connectivity index (χ3v) is 6.74. The molecule has 0 aliphatic carbocycles. The number of aromatic nitrogens is 1. The van der Waals surface area contributed by atoms with Crippen LogP contribution >= 0.6 is 0 Å². The van der Waals surface area contributed by atoms with Crippen molar-refractivity contribution in [2.45, 2.75) is 11.3 Å². The third-order valence-electron chi connectivity index (χ3n) is 5.05. The number of fused-ring (bicyclic) bond motifs is 1. The second kappa shape index (κ2) is 6.87. The molecule has 0 atom stereocenters. The Morgan fingerprint density at radius 1 is 1.04 bits per heavy atom. The first-order valence-corrected chi connectivity index (χ1v) is 10.3. The van der Waals surface area contributed by atoms with Gasteiger partial charge in [0.2, 0.25) is 0 Å². The minimum atomic E-state index is -3.70. The molecule has 2 heterocycles. The van der Waals surface area contributed by atoms with Crippen LogP contribution in [0.3, 0.4) is 0 Å². The molecule has 27 heavy (non-hydrogen) atoms. The molecule has 0 radical (unpaired) electrons. The van der Waals surface area contributed by atoms with Gasteiger partial charge < -0.3 is 9.64 Å². The number of para-hydroxylation sites is 1. The van der Waals surface area contributed by atoms with Gasteiger partial charge in [-0.25, -0.2) is 12.4 Å². The zero-order valence-electron chi connectivity index (χ0n) is 15.4. The van der Waals surface area contributed by atoms with E-state index in [2.05, 4.69) is 18.0 Å². The van der Waals surface area contributed by atoms with Gasteiger partial charge in [0.1, 0.15) is 5.75 Å². The molecule has 0 amide bonds. The van der Waals surface area contributed by atoms with Crippen LogP contribution in [0.1, 0.15) is 12.0 Å². The summed E-state index contributed by atoms with van der Waals surface area (Å²) >= 11 is 0. The maximum Gasteiger partial charge on any atom is 0.268 e. The average Bonchev–Trinajstić information content (AvgIpc) is 3.09. The van der Waals surface area contributed by atoms with E-state index in [0.717, 1.165) is 30.5 Å². The van der Waals surface area contributed by atoms with Crippen LogP contribution in [0.4, 0.5) is 0 Å². The molecule has 0 bridgehead atoms. The molecule has 6 heteroatoms. The molecule has 0 N–H and O–H groups in total. The van der Waals surface area contributed by atoms with Crippen molar-refractivity contribution in [2.24, 2.45) is 0 Å². The molecule has 4 rings (SSSR count). The summed E-state index contributed by atoms with van der Waals surface area (Å²) in [6, 6.07) is 14.2. The Kier molecular flexibility index (Phi) is 4.53. The summed E-state index contributed by atoms with van der Waals surface area (Å²) in [5.74, 6) is 0.628. The monoisotopic (exact) mass is 382 g/mol. The van der Waals surface area contributed by atoms with E-state index in [9.17, 15) is 8.42 Å². The van der Waals surface area contributed by atoms with Gasteiger partial charge in [0.25, 0.3) is 10.0 Å². The molecule has 0 spiro atoms. The SMILES string of the molecule is COc1ccc(S(=O)(=O)n2cc(C3=CCN(C)CC3)c3ccccc32)cc1. The Morgan fingerprint density at radius 2 is 1.78 bits per heavy atom. The van der Waals surface area contributed by atoms with E-state index in [0.29, 0.717) is 11.3 Å². The van der Waals surface area contributed by atoms with Crippen LogP contribution in [0.15, 0.2) is 65.7 Å². The number of rotatable bonds is 4. The Bertz CT molecular complexity index is 1110. The Hall–Kier alpha value is -2.57. The van der Waals surface area contributed by atoms with Crippen molar-refractivity contribution >= 4 is 26.5 Å². The number of benzene rings is 2. The van der Waals surface area contributed by atoms with Gasteiger partial charge in [-0.15, -0.1) is 0 Å². The lowest BCUT2D eigenvalue weighted by molar-refractivity contribution is 0.370. The van der Waals surface area contributed by atoms with Gasteiger partial charge in [-0.3, -0.25) is 0 Å². The summed E-state index contributed by atoms with van der Waals surface area (Å²) in [5.41, 5.74) is 2.90. The highest BCUT2D eigenvalue weighted by molar-refractivity contribution is 7.90. The molecule has 1 aliphatic heterocycles. The predicted octanol–water partition coefficient (Wildman–Crippen LogP) is 3.61. The Balaban J connectivity index is 1.87. The van der Waals surface area contributed by atoms with Crippen molar-refractivity contribution in [3.05, 3.63) is 66.4 Å². The molecular weight excluding hydrogens is 360 g/mol. The van der Waals surface area contributed by atoms with E-state index < -0.39 is 10.0 Å². The van der Waals surface area contributed by atoms with E-state index in [1.54, 1.807) is 37.6 Å². The molecule has 1 aliphatic rings. The van der Waals surface area contributed by atoms with E-state index in [4.69, 9.17) is 4.74 Å². The first-order chi connectivity index (χ1) is 13.0. The van der Waals surface area contributed by atoms with Crippen LogP contribution in [0.5, 0.6) is 5.75 Å². The first kappa shape index (κ1) is 17.8. The molecule has 0 fully saturated rings. The Labute approximate surface area is 159 Å². The van der Waals surface area contributed by atoms with Crippen molar-refractivity contribution in [2.75, 3.05) is 27.2 Å². The van der Waals surface area contributed by atoms with Gasteiger partial charge in [0, 0.05) is 30.2 Å². The fourth-order valence-corrected chi connectivity index (χ4v) is 4.85. The molecule has 2 aromatic carbocycles. The largest absolute Gasteiger partial charge is 0.497 e. The van der Waals surface area contributed by atoms with Crippen molar-refractivity contribution in [1.29, 1.82) is 0 Å². The van der Waals surface area contributed by atoms with E-state index in [-0.39, 0.29) is 4.90 Å². The molecule has 140 valence electrons. The topological polar surface area (TPSA) is 51.5 Å². The fraction of sp³-hybridized carbons (Fsp3) is 0.238. The maximum absolute atomic E-state index is 13.3. The fourth-order valence-electron chi connectivity index (χ4n) is 3.48. The minimum absolute atomic E-state index is 0.243. The quantitative estimate of drug-likeness (QED) is 0.692. The highest BCUT2D eigenvalue weighted by Crippen LogP contribution is 2.33. The molecule has 1 aromatic heterocycles. The van der Waals surface area contributed by atoms with Crippen LogP contribution in [0.25, 0.3) is 16.5 Å². The highest BCUT2D eigenvalue weighted by atomic mass is 32.2. The summed E-state index contributed by atoms with van der Waals surface area (Å²) in [4.78, 5) is 2.49. The van der Waals surface area contributed by atoms with Gasteiger partial charge in [0.15, 0.2) is 0 Å². The normalized spacial score (nSPS) is 15.7. The molecule has 3 aromatic rings.